The molecule has 0 N–H and O–H groups in total. The second kappa shape index (κ2) is 7.92. The normalized spacial score (nSPS) is 26.3. The van der Waals surface area contributed by atoms with Crippen molar-refractivity contribution in [1.29, 1.82) is 0 Å². The van der Waals surface area contributed by atoms with E-state index in [0.717, 1.165) is 57.9 Å². The molecule has 7 heteroatoms. The molecule has 2 aliphatic heterocycles. The molecule has 6 nitrogen and oxygen atoms in total. The molecule has 1 aromatic rings. The third-order valence-corrected chi connectivity index (χ3v) is 10.0. The van der Waals surface area contributed by atoms with Crippen LogP contribution in [0.25, 0.3) is 0 Å². The van der Waals surface area contributed by atoms with Crippen LogP contribution in [0.15, 0.2) is 35.2 Å². The minimum atomic E-state index is -3.40. The van der Waals surface area contributed by atoms with E-state index >= 15 is 0 Å². The highest BCUT2D eigenvalue weighted by Gasteiger charge is 2.50. The van der Waals surface area contributed by atoms with Crippen molar-refractivity contribution in [2.75, 3.05) is 39.3 Å². The number of amides is 1. The second-order valence-corrected chi connectivity index (χ2v) is 11.7. The maximum atomic E-state index is 13.0. The van der Waals surface area contributed by atoms with E-state index in [-0.39, 0.29) is 11.3 Å². The summed E-state index contributed by atoms with van der Waals surface area (Å²) in [5, 5.41) is 0. The molecule has 0 atom stereocenters. The molecular weight excluding hydrogens is 398 g/mol. The Kier molecular flexibility index (Phi) is 5.40. The first-order valence-corrected chi connectivity index (χ1v) is 13.0. The van der Waals surface area contributed by atoms with Crippen molar-refractivity contribution in [3.05, 3.63) is 30.3 Å². The molecule has 4 aliphatic rings. The molecule has 2 aliphatic carbocycles. The number of carbonyl (C=O) groups is 1. The van der Waals surface area contributed by atoms with E-state index in [4.69, 9.17) is 0 Å². The fraction of sp³-hybridized carbons (Fsp3) is 0.696. The number of sulfonamides is 1. The molecule has 0 bridgehead atoms. The third-order valence-electron chi connectivity index (χ3n) is 8.09. The monoisotopic (exact) mass is 431 g/mol. The van der Waals surface area contributed by atoms with E-state index < -0.39 is 10.0 Å². The van der Waals surface area contributed by atoms with Crippen LogP contribution in [0.2, 0.25) is 0 Å². The Morgan fingerprint density at radius 3 is 2.10 bits per heavy atom. The Bertz CT molecular complexity index is 860. The molecule has 2 heterocycles. The smallest absolute Gasteiger partial charge is 0.243 e. The SMILES string of the molecule is O=C(C1CC2(CCN(S(=O)(=O)c3ccccc3)CC2)C1)N1CCN(C2CCC2)CC1. The van der Waals surface area contributed by atoms with E-state index in [1.807, 2.05) is 6.07 Å². The Labute approximate surface area is 180 Å². The van der Waals surface area contributed by atoms with Gasteiger partial charge >= 0.3 is 0 Å². The molecule has 1 aromatic carbocycles. The van der Waals surface area contributed by atoms with Crippen molar-refractivity contribution in [3.8, 4) is 0 Å². The lowest BCUT2D eigenvalue weighted by Gasteiger charge is -2.52. The molecule has 30 heavy (non-hydrogen) atoms. The molecule has 2 saturated heterocycles. The first kappa shape index (κ1) is 20.5. The Morgan fingerprint density at radius 2 is 1.53 bits per heavy atom. The number of piperazine rings is 1. The summed E-state index contributed by atoms with van der Waals surface area (Å²) in [6, 6.07) is 9.49. The number of benzene rings is 1. The molecule has 0 unspecified atom stereocenters. The summed E-state index contributed by atoms with van der Waals surface area (Å²) in [4.78, 5) is 18.0. The van der Waals surface area contributed by atoms with Crippen molar-refractivity contribution >= 4 is 15.9 Å². The number of hydrogen-bond donors (Lipinski definition) is 0. The molecule has 164 valence electrons. The molecule has 2 saturated carbocycles. The van der Waals surface area contributed by atoms with Crippen molar-refractivity contribution in [1.82, 2.24) is 14.1 Å². The van der Waals surface area contributed by atoms with Gasteiger partial charge < -0.3 is 4.90 Å². The van der Waals surface area contributed by atoms with Crippen LogP contribution in [0.5, 0.6) is 0 Å². The van der Waals surface area contributed by atoms with Gasteiger partial charge in [0.05, 0.1) is 4.90 Å². The maximum Gasteiger partial charge on any atom is 0.243 e. The standard InChI is InChI=1S/C23H33N3O3S/c27-22(25-15-13-24(14-16-25)20-5-4-6-20)19-17-23(18-19)9-11-26(12-10-23)30(28,29)21-7-2-1-3-8-21/h1-3,7-8,19-20H,4-6,9-18H2. The maximum absolute atomic E-state index is 13.0. The predicted octanol–water partition coefficient (Wildman–Crippen LogP) is 2.56. The van der Waals surface area contributed by atoms with Gasteiger partial charge in [0.2, 0.25) is 15.9 Å². The van der Waals surface area contributed by atoms with Gasteiger partial charge in [0, 0.05) is 51.2 Å². The highest BCUT2D eigenvalue weighted by Crippen LogP contribution is 2.53. The Hall–Kier alpha value is -1.44. The van der Waals surface area contributed by atoms with E-state index in [2.05, 4.69) is 9.80 Å². The van der Waals surface area contributed by atoms with Crippen LogP contribution in [-0.2, 0) is 14.8 Å². The van der Waals surface area contributed by atoms with E-state index in [1.165, 1.54) is 19.3 Å². The van der Waals surface area contributed by atoms with Crippen LogP contribution in [0.1, 0.15) is 44.9 Å². The van der Waals surface area contributed by atoms with Crippen LogP contribution in [-0.4, -0.2) is 73.7 Å². The Balaban J connectivity index is 1.11. The summed E-state index contributed by atoms with van der Waals surface area (Å²) in [5.41, 5.74) is 0.177. The minimum Gasteiger partial charge on any atom is -0.340 e. The summed E-state index contributed by atoms with van der Waals surface area (Å²) in [6.45, 7) is 4.95. The number of piperidine rings is 1. The molecule has 1 spiro atoms. The minimum absolute atomic E-state index is 0.150. The Morgan fingerprint density at radius 1 is 0.900 bits per heavy atom. The fourth-order valence-corrected chi connectivity index (χ4v) is 7.29. The van der Waals surface area contributed by atoms with Crippen molar-refractivity contribution in [3.63, 3.8) is 0 Å². The van der Waals surface area contributed by atoms with Gasteiger partial charge in [-0.2, -0.15) is 4.31 Å². The van der Waals surface area contributed by atoms with Crippen LogP contribution in [0.3, 0.4) is 0 Å². The van der Waals surface area contributed by atoms with Gasteiger partial charge in [0.1, 0.15) is 0 Å². The summed E-state index contributed by atoms with van der Waals surface area (Å²) < 4.78 is 27.3. The number of nitrogens with zero attached hydrogens (tertiary/aromatic N) is 3. The van der Waals surface area contributed by atoms with E-state index in [9.17, 15) is 13.2 Å². The van der Waals surface area contributed by atoms with Gasteiger partial charge in [-0.15, -0.1) is 0 Å². The predicted molar refractivity (Wildman–Crippen MR) is 115 cm³/mol. The summed E-state index contributed by atoms with van der Waals surface area (Å²) in [7, 11) is -3.40. The average Bonchev–Trinajstić information content (AvgIpc) is 2.71. The van der Waals surface area contributed by atoms with Gasteiger partial charge in [-0.3, -0.25) is 9.69 Å². The third kappa shape index (κ3) is 3.69. The fourth-order valence-electron chi connectivity index (χ4n) is 5.83. The largest absolute Gasteiger partial charge is 0.340 e. The van der Waals surface area contributed by atoms with Crippen LogP contribution >= 0.6 is 0 Å². The molecule has 0 radical (unpaired) electrons. The van der Waals surface area contributed by atoms with Gasteiger partial charge in [0.15, 0.2) is 0 Å². The van der Waals surface area contributed by atoms with Crippen molar-refractivity contribution < 1.29 is 13.2 Å². The first-order valence-electron chi connectivity index (χ1n) is 11.5. The molecule has 5 rings (SSSR count). The number of rotatable bonds is 4. The zero-order valence-corrected chi connectivity index (χ0v) is 18.5. The highest BCUT2D eigenvalue weighted by atomic mass is 32.2. The van der Waals surface area contributed by atoms with Crippen molar-refractivity contribution in [2.24, 2.45) is 11.3 Å². The van der Waals surface area contributed by atoms with Crippen LogP contribution in [0.4, 0.5) is 0 Å². The summed E-state index contributed by atoms with van der Waals surface area (Å²) in [5.74, 6) is 0.491. The zero-order chi connectivity index (χ0) is 20.8. The molecular formula is C23H33N3O3S. The van der Waals surface area contributed by atoms with E-state index in [1.54, 1.807) is 28.6 Å². The number of carbonyl (C=O) groups excluding carboxylic acids is 1. The van der Waals surface area contributed by atoms with Crippen LogP contribution < -0.4 is 0 Å². The number of hydrogen-bond acceptors (Lipinski definition) is 4. The lowest BCUT2D eigenvalue weighted by Crippen LogP contribution is -2.57. The average molecular weight is 432 g/mol. The second-order valence-electron chi connectivity index (χ2n) is 9.77. The first-order chi connectivity index (χ1) is 14.5. The van der Waals surface area contributed by atoms with Gasteiger partial charge in [0.25, 0.3) is 0 Å². The highest BCUT2D eigenvalue weighted by molar-refractivity contribution is 7.89. The van der Waals surface area contributed by atoms with Crippen LogP contribution in [0, 0.1) is 11.3 Å². The molecule has 4 fully saturated rings. The quantitative estimate of drug-likeness (QED) is 0.735. The summed E-state index contributed by atoms with van der Waals surface area (Å²) in [6.07, 6.45) is 7.64. The van der Waals surface area contributed by atoms with Gasteiger partial charge in [-0.1, -0.05) is 24.6 Å². The van der Waals surface area contributed by atoms with Gasteiger partial charge in [-0.05, 0) is 56.1 Å². The molecule has 1 amide bonds. The lowest BCUT2D eigenvalue weighted by molar-refractivity contribution is -0.147. The lowest BCUT2D eigenvalue weighted by atomic mass is 9.57. The van der Waals surface area contributed by atoms with Crippen molar-refractivity contribution in [2.45, 2.75) is 55.9 Å². The zero-order valence-electron chi connectivity index (χ0n) is 17.7. The summed E-state index contributed by atoms with van der Waals surface area (Å²) >= 11 is 0. The van der Waals surface area contributed by atoms with Gasteiger partial charge in [-0.25, -0.2) is 8.42 Å². The molecule has 0 aromatic heterocycles. The van der Waals surface area contributed by atoms with E-state index in [0.29, 0.717) is 23.9 Å². The topological polar surface area (TPSA) is 60.9 Å².